The van der Waals surface area contributed by atoms with E-state index in [-0.39, 0.29) is 5.96 Å². The molecule has 0 aromatic rings. The van der Waals surface area contributed by atoms with Crippen LogP contribution in [0.15, 0.2) is 5.10 Å². The normalized spacial score (nSPS) is 22.1. The SMILES string of the molecule is CC(=O)OC1NC(=N[N+](=O)[O-])NC1OC(C)=O. The molecule has 2 unspecified atom stereocenters. The van der Waals surface area contributed by atoms with Crippen LogP contribution in [0, 0.1) is 10.1 Å². The second-order valence-electron chi connectivity index (χ2n) is 3.04. The summed E-state index contributed by atoms with van der Waals surface area (Å²) in [6.45, 7) is 2.30. The van der Waals surface area contributed by atoms with Gasteiger partial charge in [-0.25, -0.2) is 10.1 Å². The Bertz CT molecular complexity index is 355. The number of carbonyl (C=O) groups excluding carboxylic acids is 2. The number of ether oxygens (including phenoxy) is 2. The Hall–Kier alpha value is -2.39. The number of nitrogens with one attached hydrogen (secondary N) is 2. The number of esters is 2. The van der Waals surface area contributed by atoms with Crippen LogP contribution in [0.25, 0.3) is 0 Å². The van der Waals surface area contributed by atoms with E-state index in [9.17, 15) is 19.7 Å². The van der Waals surface area contributed by atoms with Gasteiger partial charge in [0.2, 0.25) is 12.5 Å². The van der Waals surface area contributed by atoms with E-state index in [0.29, 0.717) is 0 Å². The minimum atomic E-state index is -1.06. The summed E-state index contributed by atoms with van der Waals surface area (Å²) in [7, 11) is 0. The number of nitrogens with zero attached hydrogens (tertiary/aromatic N) is 2. The topological polar surface area (TPSA) is 132 Å². The van der Waals surface area contributed by atoms with Crippen LogP contribution in [-0.4, -0.2) is 35.4 Å². The summed E-state index contributed by atoms with van der Waals surface area (Å²) in [5.74, 6) is -1.53. The van der Waals surface area contributed by atoms with Gasteiger partial charge in [-0.2, -0.15) is 0 Å². The molecule has 1 saturated heterocycles. The average molecular weight is 246 g/mol. The van der Waals surface area contributed by atoms with Gasteiger partial charge in [0.05, 0.1) is 0 Å². The summed E-state index contributed by atoms with van der Waals surface area (Å²) >= 11 is 0. The van der Waals surface area contributed by atoms with Crippen molar-refractivity contribution >= 4 is 17.9 Å². The molecule has 94 valence electrons. The zero-order valence-electron chi connectivity index (χ0n) is 9.00. The van der Waals surface area contributed by atoms with Crippen molar-refractivity contribution in [2.24, 2.45) is 5.10 Å². The zero-order valence-corrected chi connectivity index (χ0v) is 9.00. The lowest BCUT2D eigenvalue weighted by Crippen LogP contribution is -2.40. The number of hydrogen-bond acceptors (Lipinski definition) is 6. The molecule has 1 heterocycles. The number of carbonyl (C=O) groups is 2. The Balaban J connectivity index is 2.74. The maximum Gasteiger partial charge on any atom is 0.304 e. The van der Waals surface area contributed by atoms with Crippen molar-refractivity contribution in [3.05, 3.63) is 10.1 Å². The fraction of sp³-hybridized carbons (Fsp3) is 0.571. The molecular formula is C7H10N4O6. The number of rotatable bonds is 3. The van der Waals surface area contributed by atoms with E-state index in [1.165, 1.54) is 0 Å². The summed E-state index contributed by atoms with van der Waals surface area (Å²) in [5, 5.41) is 16.9. The summed E-state index contributed by atoms with van der Waals surface area (Å²) in [4.78, 5) is 31.6. The zero-order chi connectivity index (χ0) is 13.0. The minimum Gasteiger partial charge on any atom is -0.436 e. The van der Waals surface area contributed by atoms with Crippen LogP contribution in [0.2, 0.25) is 0 Å². The second kappa shape index (κ2) is 5.09. The highest BCUT2D eigenvalue weighted by atomic mass is 16.7. The van der Waals surface area contributed by atoms with Gasteiger partial charge in [-0.15, -0.1) is 0 Å². The first-order valence-electron chi connectivity index (χ1n) is 4.49. The van der Waals surface area contributed by atoms with Crippen molar-refractivity contribution in [2.75, 3.05) is 0 Å². The Morgan fingerprint density at radius 1 is 1.24 bits per heavy atom. The Morgan fingerprint density at radius 2 is 1.65 bits per heavy atom. The molecule has 0 aromatic carbocycles. The van der Waals surface area contributed by atoms with Gasteiger partial charge < -0.3 is 20.1 Å². The summed E-state index contributed by atoms with van der Waals surface area (Å²) in [5.41, 5.74) is 0. The Kier molecular flexibility index (Phi) is 3.80. The molecule has 0 aliphatic carbocycles. The molecule has 0 radical (unpaired) electrons. The van der Waals surface area contributed by atoms with Gasteiger partial charge in [0.15, 0.2) is 5.03 Å². The molecule has 2 N–H and O–H groups in total. The van der Waals surface area contributed by atoms with Gasteiger partial charge >= 0.3 is 11.9 Å². The molecule has 2 atom stereocenters. The van der Waals surface area contributed by atoms with Gasteiger partial charge in [0.1, 0.15) is 5.10 Å². The van der Waals surface area contributed by atoms with E-state index in [1.54, 1.807) is 0 Å². The molecule has 0 saturated carbocycles. The molecular weight excluding hydrogens is 236 g/mol. The standard InChI is InChI=1S/C7H10N4O6/c1-3(12)16-5-6(17-4(2)13)9-7(8-5)10-11(14)15/h5-6H,1-2H3,(H2,8,9,10). The number of guanidine groups is 1. The third-order valence-corrected chi connectivity index (χ3v) is 1.60. The van der Waals surface area contributed by atoms with Crippen LogP contribution >= 0.6 is 0 Å². The lowest BCUT2D eigenvalue weighted by Gasteiger charge is -2.17. The summed E-state index contributed by atoms with van der Waals surface area (Å²) < 4.78 is 9.49. The van der Waals surface area contributed by atoms with E-state index >= 15 is 0 Å². The predicted octanol–water partition coefficient (Wildman–Crippen LogP) is -1.49. The van der Waals surface area contributed by atoms with E-state index in [2.05, 4.69) is 15.7 Å². The van der Waals surface area contributed by atoms with Gasteiger partial charge in [0, 0.05) is 13.8 Å². The fourth-order valence-electron chi connectivity index (χ4n) is 1.14. The van der Waals surface area contributed by atoms with Gasteiger partial charge in [0.25, 0.3) is 5.96 Å². The van der Waals surface area contributed by atoms with Crippen LogP contribution in [0.4, 0.5) is 0 Å². The fourth-order valence-corrected chi connectivity index (χ4v) is 1.14. The third-order valence-electron chi connectivity index (χ3n) is 1.60. The monoisotopic (exact) mass is 246 g/mol. The first kappa shape index (κ1) is 12.7. The molecule has 0 spiro atoms. The molecule has 17 heavy (non-hydrogen) atoms. The second-order valence-corrected chi connectivity index (χ2v) is 3.04. The third kappa shape index (κ3) is 3.93. The lowest BCUT2D eigenvalue weighted by molar-refractivity contribution is -0.485. The highest BCUT2D eigenvalue weighted by Crippen LogP contribution is 2.06. The smallest absolute Gasteiger partial charge is 0.304 e. The number of hydrogen-bond donors (Lipinski definition) is 2. The van der Waals surface area contributed by atoms with Crippen LogP contribution in [-0.2, 0) is 19.1 Å². The van der Waals surface area contributed by atoms with Crippen molar-refractivity contribution in [3.63, 3.8) is 0 Å². The van der Waals surface area contributed by atoms with Crippen molar-refractivity contribution in [1.82, 2.24) is 10.6 Å². The predicted molar refractivity (Wildman–Crippen MR) is 51.8 cm³/mol. The molecule has 0 aromatic heterocycles. The van der Waals surface area contributed by atoms with Crippen molar-refractivity contribution in [2.45, 2.75) is 26.3 Å². The van der Waals surface area contributed by atoms with Crippen LogP contribution in [0.5, 0.6) is 0 Å². The van der Waals surface area contributed by atoms with Gasteiger partial charge in [-0.05, 0) is 0 Å². The van der Waals surface area contributed by atoms with E-state index in [1.807, 2.05) is 0 Å². The molecule has 0 bridgehead atoms. The first-order valence-corrected chi connectivity index (χ1v) is 4.49. The molecule has 1 fully saturated rings. The maximum absolute atomic E-state index is 10.8. The van der Waals surface area contributed by atoms with Crippen molar-refractivity contribution < 1.29 is 24.1 Å². The summed E-state index contributed by atoms with van der Waals surface area (Å²) in [6, 6.07) is 0. The quantitative estimate of drug-likeness (QED) is 0.349. The minimum absolute atomic E-state index is 0.257. The molecule has 0 amide bonds. The van der Waals surface area contributed by atoms with Crippen molar-refractivity contribution in [1.29, 1.82) is 0 Å². The maximum atomic E-state index is 10.8. The van der Waals surface area contributed by atoms with E-state index in [4.69, 9.17) is 9.47 Å². The molecule has 1 aliphatic heterocycles. The first-order chi connectivity index (χ1) is 7.88. The van der Waals surface area contributed by atoms with Crippen LogP contribution < -0.4 is 10.6 Å². The molecule has 10 heteroatoms. The molecule has 1 rings (SSSR count). The van der Waals surface area contributed by atoms with Crippen LogP contribution in [0.3, 0.4) is 0 Å². The average Bonchev–Trinajstić information content (AvgIpc) is 2.44. The lowest BCUT2D eigenvalue weighted by atomic mass is 10.5. The summed E-state index contributed by atoms with van der Waals surface area (Å²) in [6.07, 6.45) is -2.12. The number of hydrazone groups is 1. The number of nitro groups is 1. The van der Waals surface area contributed by atoms with Crippen LogP contribution in [0.1, 0.15) is 13.8 Å². The highest BCUT2D eigenvalue weighted by molar-refractivity contribution is 5.82. The Labute approximate surface area is 95.1 Å². The van der Waals surface area contributed by atoms with E-state index in [0.717, 1.165) is 13.8 Å². The van der Waals surface area contributed by atoms with E-state index < -0.39 is 29.4 Å². The molecule has 1 aliphatic rings. The van der Waals surface area contributed by atoms with Gasteiger partial charge in [-0.1, -0.05) is 0 Å². The van der Waals surface area contributed by atoms with Crippen molar-refractivity contribution in [3.8, 4) is 0 Å². The molecule has 10 nitrogen and oxygen atoms in total. The largest absolute Gasteiger partial charge is 0.436 e. The Morgan fingerprint density at radius 3 is 1.94 bits per heavy atom. The highest BCUT2D eigenvalue weighted by Gasteiger charge is 2.36. The van der Waals surface area contributed by atoms with Gasteiger partial charge in [-0.3, -0.25) is 9.59 Å².